The van der Waals surface area contributed by atoms with E-state index in [2.05, 4.69) is 10.3 Å². The summed E-state index contributed by atoms with van der Waals surface area (Å²) in [6, 6.07) is 2.85. The lowest BCUT2D eigenvalue weighted by molar-refractivity contribution is -0.160. The number of piperidine rings is 1. The molecular formula is C30H34F3N5O5S. The molecule has 0 aliphatic carbocycles. The molecule has 2 aromatic rings. The van der Waals surface area contributed by atoms with Crippen molar-refractivity contribution in [2.45, 2.75) is 52.1 Å². The van der Waals surface area contributed by atoms with Crippen LogP contribution in [-0.4, -0.2) is 88.3 Å². The SMILES string of the molecule is CCOC(=O)C1=C(CN2CC(F)(F)C3CN(C(=O)C(C)(C)C(=O)O)CCC32)NC(c2nccs2)=NC1c1cccc(F)c1C. The smallest absolute Gasteiger partial charge is 0.338 e. The number of carbonyl (C=O) groups excluding carboxylic acids is 2. The summed E-state index contributed by atoms with van der Waals surface area (Å²) in [6.45, 7) is 4.88. The second-order valence-electron chi connectivity index (χ2n) is 11.7. The van der Waals surface area contributed by atoms with Gasteiger partial charge in [-0.2, -0.15) is 0 Å². The molecule has 14 heteroatoms. The number of thiazole rings is 1. The Hall–Kier alpha value is -3.78. The third-order valence-electron chi connectivity index (χ3n) is 8.58. The molecule has 44 heavy (non-hydrogen) atoms. The molecule has 2 fully saturated rings. The molecule has 0 radical (unpaired) electrons. The Morgan fingerprint density at radius 2 is 2.02 bits per heavy atom. The van der Waals surface area contributed by atoms with Crippen molar-refractivity contribution in [3.05, 3.63) is 63.0 Å². The van der Waals surface area contributed by atoms with Crippen molar-refractivity contribution in [1.82, 2.24) is 20.1 Å². The first kappa shape index (κ1) is 31.6. The lowest BCUT2D eigenvalue weighted by atomic mass is 9.86. The standard InChI is InChI=1S/C30H34F3N5O5S/c1-5-43-26(39)22-20(35-24(25-34-10-12-44-25)36-23(22)17-7-6-8-19(31)16(17)2)14-38-15-30(32,33)18-13-37(11-9-21(18)38)27(40)29(3,4)28(41)42/h6-8,10,12,18,21,23H,5,9,11,13-15H2,1-4H3,(H,35,36)(H,41,42). The fourth-order valence-corrected chi connectivity index (χ4v) is 6.70. The van der Waals surface area contributed by atoms with Crippen LogP contribution in [0.2, 0.25) is 0 Å². The van der Waals surface area contributed by atoms with Crippen LogP contribution in [0.3, 0.4) is 0 Å². The Bertz CT molecular complexity index is 1530. The van der Waals surface area contributed by atoms with Gasteiger partial charge in [0, 0.05) is 43.0 Å². The Morgan fingerprint density at radius 3 is 2.68 bits per heavy atom. The van der Waals surface area contributed by atoms with E-state index in [9.17, 15) is 23.9 Å². The van der Waals surface area contributed by atoms with E-state index in [4.69, 9.17) is 9.73 Å². The number of esters is 1. The number of aliphatic imine (C=N–C) groups is 1. The number of rotatable bonds is 8. The van der Waals surface area contributed by atoms with Crippen LogP contribution in [-0.2, 0) is 19.1 Å². The zero-order valence-electron chi connectivity index (χ0n) is 24.8. The molecule has 1 aromatic heterocycles. The number of likely N-dealkylation sites (tertiary alicyclic amines) is 2. The lowest BCUT2D eigenvalue weighted by Crippen LogP contribution is -2.55. The number of hydrogen-bond donors (Lipinski definition) is 2. The van der Waals surface area contributed by atoms with Gasteiger partial charge in [0.15, 0.2) is 10.8 Å². The van der Waals surface area contributed by atoms with Gasteiger partial charge in [-0.3, -0.25) is 19.5 Å². The molecule has 2 saturated heterocycles. The zero-order valence-corrected chi connectivity index (χ0v) is 25.6. The largest absolute Gasteiger partial charge is 0.480 e. The zero-order chi connectivity index (χ0) is 32.0. The van der Waals surface area contributed by atoms with Gasteiger partial charge in [0.1, 0.15) is 17.3 Å². The second-order valence-corrected chi connectivity index (χ2v) is 12.6. The molecule has 0 bridgehead atoms. The third-order valence-corrected chi connectivity index (χ3v) is 9.36. The molecule has 0 saturated carbocycles. The highest BCUT2D eigenvalue weighted by Gasteiger charge is 2.57. The number of aromatic nitrogens is 1. The summed E-state index contributed by atoms with van der Waals surface area (Å²) >= 11 is 1.29. The minimum absolute atomic E-state index is 0.0521. The van der Waals surface area contributed by atoms with Gasteiger partial charge in [0.2, 0.25) is 5.91 Å². The van der Waals surface area contributed by atoms with E-state index in [0.717, 1.165) is 0 Å². The third kappa shape index (κ3) is 5.72. The van der Waals surface area contributed by atoms with Gasteiger partial charge >= 0.3 is 11.9 Å². The first-order valence-electron chi connectivity index (χ1n) is 14.3. The summed E-state index contributed by atoms with van der Waals surface area (Å²) < 4.78 is 51.3. The van der Waals surface area contributed by atoms with Crippen LogP contribution in [0.15, 0.2) is 46.0 Å². The van der Waals surface area contributed by atoms with Crippen LogP contribution in [0.1, 0.15) is 49.4 Å². The number of amides is 1. The number of alkyl halides is 2. The minimum atomic E-state index is -3.19. The number of hydrogen-bond acceptors (Lipinski definition) is 9. The van der Waals surface area contributed by atoms with Gasteiger partial charge in [-0.1, -0.05) is 12.1 Å². The van der Waals surface area contributed by atoms with Crippen LogP contribution < -0.4 is 5.32 Å². The van der Waals surface area contributed by atoms with Gasteiger partial charge in [0.25, 0.3) is 5.92 Å². The van der Waals surface area contributed by atoms with Crippen LogP contribution in [0.5, 0.6) is 0 Å². The molecule has 3 atom stereocenters. The number of carboxylic acid groups (broad SMARTS) is 1. The van der Waals surface area contributed by atoms with Crippen LogP contribution in [0.25, 0.3) is 0 Å². The highest BCUT2D eigenvalue weighted by Crippen LogP contribution is 2.44. The predicted molar refractivity (Wildman–Crippen MR) is 156 cm³/mol. The highest BCUT2D eigenvalue weighted by atomic mass is 32.1. The monoisotopic (exact) mass is 633 g/mol. The lowest BCUT2D eigenvalue weighted by Gasteiger charge is -2.40. The number of ether oxygens (including phenoxy) is 1. The average Bonchev–Trinajstić information content (AvgIpc) is 3.60. The van der Waals surface area contributed by atoms with Gasteiger partial charge in [-0.05, 0) is 51.3 Å². The molecule has 10 nitrogen and oxygen atoms in total. The minimum Gasteiger partial charge on any atom is -0.480 e. The van der Waals surface area contributed by atoms with E-state index >= 15 is 8.78 Å². The quantitative estimate of drug-likeness (QED) is 0.333. The van der Waals surface area contributed by atoms with Gasteiger partial charge in [-0.25, -0.2) is 22.9 Å². The number of fused-ring (bicyclic) bond motifs is 1. The highest BCUT2D eigenvalue weighted by molar-refractivity contribution is 7.11. The van der Waals surface area contributed by atoms with Gasteiger partial charge in [0.05, 0.1) is 24.6 Å². The number of halogens is 3. The summed E-state index contributed by atoms with van der Waals surface area (Å²) in [7, 11) is 0. The molecule has 2 N–H and O–H groups in total. The van der Waals surface area contributed by atoms with Crippen LogP contribution in [0, 0.1) is 24.1 Å². The average molecular weight is 634 g/mol. The maximum atomic E-state index is 15.6. The molecular weight excluding hydrogens is 599 g/mol. The first-order chi connectivity index (χ1) is 20.8. The summed E-state index contributed by atoms with van der Waals surface area (Å²) in [6.07, 6.45) is 1.77. The van der Waals surface area contributed by atoms with Gasteiger partial charge in [-0.15, -0.1) is 11.3 Å². The predicted octanol–water partition coefficient (Wildman–Crippen LogP) is 3.78. The van der Waals surface area contributed by atoms with E-state index in [1.54, 1.807) is 36.4 Å². The molecule has 5 rings (SSSR count). The number of nitrogens with zero attached hydrogens (tertiary/aromatic N) is 4. The number of aliphatic carboxylic acids is 1. The van der Waals surface area contributed by atoms with Crippen LogP contribution >= 0.6 is 11.3 Å². The molecule has 3 aliphatic rings. The summed E-state index contributed by atoms with van der Waals surface area (Å²) in [5, 5.41) is 14.9. The number of amidine groups is 1. The first-order valence-corrected chi connectivity index (χ1v) is 15.2. The van der Waals surface area contributed by atoms with Crippen molar-refractivity contribution in [2.75, 3.05) is 32.8 Å². The van der Waals surface area contributed by atoms with Crippen molar-refractivity contribution in [3.63, 3.8) is 0 Å². The maximum absolute atomic E-state index is 15.6. The normalized spacial score (nSPS) is 23.6. The van der Waals surface area contributed by atoms with E-state index in [0.29, 0.717) is 22.1 Å². The fourth-order valence-electron chi connectivity index (χ4n) is 6.11. The van der Waals surface area contributed by atoms with E-state index in [-0.39, 0.29) is 43.8 Å². The molecule has 0 spiro atoms. The number of carboxylic acids is 1. The molecule has 1 aromatic carbocycles. The number of benzene rings is 1. The second kappa shape index (κ2) is 12.0. The Kier molecular flexibility index (Phi) is 8.60. The maximum Gasteiger partial charge on any atom is 0.338 e. The summed E-state index contributed by atoms with van der Waals surface area (Å²) in [4.78, 5) is 50.0. The van der Waals surface area contributed by atoms with E-state index in [1.165, 1.54) is 42.2 Å². The number of nitrogens with one attached hydrogen (secondary N) is 1. The van der Waals surface area contributed by atoms with Crippen molar-refractivity contribution in [1.29, 1.82) is 0 Å². The van der Waals surface area contributed by atoms with Crippen molar-refractivity contribution >= 4 is 35.0 Å². The fraction of sp³-hybridized carbons (Fsp3) is 0.500. The molecule has 236 valence electrons. The van der Waals surface area contributed by atoms with Crippen molar-refractivity contribution in [3.8, 4) is 0 Å². The molecule has 3 aliphatic heterocycles. The Balaban J connectivity index is 1.52. The van der Waals surface area contributed by atoms with Crippen molar-refractivity contribution in [2.24, 2.45) is 16.3 Å². The summed E-state index contributed by atoms with van der Waals surface area (Å²) in [5.74, 6) is -7.34. The number of carbonyl (C=O) groups is 3. The molecule has 3 unspecified atom stereocenters. The Morgan fingerprint density at radius 1 is 1.27 bits per heavy atom. The topological polar surface area (TPSA) is 124 Å². The molecule has 1 amide bonds. The van der Waals surface area contributed by atoms with Crippen LogP contribution in [0.4, 0.5) is 13.2 Å². The van der Waals surface area contributed by atoms with E-state index < -0.39 is 59.5 Å². The van der Waals surface area contributed by atoms with E-state index in [1.807, 2.05) is 0 Å². The Labute approximate surface area is 256 Å². The summed E-state index contributed by atoms with van der Waals surface area (Å²) in [5.41, 5.74) is -0.653. The molecule has 4 heterocycles. The van der Waals surface area contributed by atoms with Gasteiger partial charge < -0.3 is 20.1 Å². The van der Waals surface area contributed by atoms with Crippen molar-refractivity contribution < 1.29 is 37.4 Å².